The number of aromatic nitrogens is 2. The average Bonchev–Trinajstić information content (AvgIpc) is 2.96. The molecular formula is C19H22N4O3S. The van der Waals surface area contributed by atoms with Gasteiger partial charge < -0.3 is 14.6 Å². The largest absolute Gasteiger partial charge is 0.497 e. The highest BCUT2D eigenvalue weighted by Crippen LogP contribution is 2.23. The number of ether oxygens (including phenoxy) is 1. The Morgan fingerprint density at radius 1 is 1.00 bits per heavy atom. The molecule has 1 aromatic heterocycles. The fourth-order valence-electron chi connectivity index (χ4n) is 3.33. The van der Waals surface area contributed by atoms with Gasteiger partial charge in [-0.2, -0.15) is 4.31 Å². The fourth-order valence-corrected chi connectivity index (χ4v) is 4.80. The Bertz CT molecular complexity index is 998. The maximum atomic E-state index is 13.0. The van der Waals surface area contributed by atoms with E-state index in [2.05, 4.69) is 14.9 Å². The van der Waals surface area contributed by atoms with E-state index in [1.807, 2.05) is 24.3 Å². The Hall–Kier alpha value is -2.58. The summed E-state index contributed by atoms with van der Waals surface area (Å²) in [6.07, 6.45) is 0.742. The Morgan fingerprint density at radius 3 is 2.52 bits per heavy atom. The van der Waals surface area contributed by atoms with Crippen LogP contribution in [0.4, 0.5) is 5.95 Å². The van der Waals surface area contributed by atoms with Gasteiger partial charge >= 0.3 is 0 Å². The number of rotatable bonds is 4. The van der Waals surface area contributed by atoms with Gasteiger partial charge in [-0.1, -0.05) is 12.1 Å². The van der Waals surface area contributed by atoms with Gasteiger partial charge in [0.1, 0.15) is 5.75 Å². The zero-order valence-corrected chi connectivity index (χ0v) is 15.9. The van der Waals surface area contributed by atoms with Crippen molar-refractivity contribution in [2.75, 3.05) is 38.2 Å². The lowest BCUT2D eigenvalue weighted by Crippen LogP contribution is -2.35. The van der Waals surface area contributed by atoms with Crippen LogP contribution in [0.1, 0.15) is 6.42 Å². The molecule has 1 saturated heterocycles. The number of aromatic amines is 1. The Kier molecular flexibility index (Phi) is 4.75. The summed E-state index contributed by atoms with van der Waals surface area (Å²) in [5.74, 6) is 1.43. The minimum absolute atomic E-state index is 0.292. The van der Waals surface area contributed by atoms with Gasteiger partial charge in [0.25, 0.3) is 0 Å². The second-order valence-corrected chi connectivity index (χ2v) is 8.44. The van der Waals surface area contributed by atoms with E-state index in [0.29, 0.717) is 30.3 Å². The number of H-pyrrole nitrogens is 1. The van der Waals surface area contributed by atoms with Crippen LogP contribution in [0.15, 0.2) is 53.4 Å². The van der Waals surface area contributed by atoms with E-state index in [4.69, 9.17) is 4.74 Å². The van der Waals surface area contributed by atoms with Crippen molar-refractivity contribution in [2.24, 2.45) is 0 Å². The third kappa shape index (κ3) is 3.50. The lowest BCUT2D eigenvalue weighted by molar-refractivity contribution is 0.413. The molecule has 0 aliphatic carbocycles. The smallest absolute Gasteiger partial charge is 0.243 e. The number of hydrogen-bond donors (Lipinski definition) is 1. The molecule has 7 nitrogen and oxygen atoms in total. The molecule has 2 heterocycles. The number of anilines is 1. The second kappa shape index (κ2) is 7.21. The summed E-state index contributed by atoms with van der Waals surface area (Å²) in [6.45, 7) is 2.26. The van der Waals surface area contributed by atoms with Crippen LogP contribution in [0.2, 0.25) is 0 Å². The standard InChI is InChI=1S/C19H22N4O3S/c1-26-15-7-9-16(10-8-15)27(24,25)23-12-4-11-22(13-14-23)19-20-17-5-2-3-6-18(17)21-19/h2-3,5-10H,4,11-14H2,1H3,(H,20,21). The molecule has 0 radical (unpaired) electrons. The van der Waals surface area contributed by atoms with Crippen molar-refractivity contribution in [1.29, 1.82) is 0 Å². The predicted molar refractivity (Wildman–Crippen MR) is 105 cm³/mol. The Morgan fingerprint density at radius 2 is 1.78 bits per heavy atom. The minimum atomic E-state index is -3.52. The van der Waals surface area contributed by atoms with Crippen LogP contribution in [0.3, 0.4) is 0 Å². The van der Waals surface area contributed by atoms with Crippen LogP contribution >= 0.6 is 0 Å². The summed E-state index contributed by atoms with van der Waals surface area (Å²) in [5.41, 5.74) is 1.90. The molecule has 0 saturated carbocycles. The normalized spacial score (nSPS) is 16.4. The second-order valence-electron chi connectivity index (χ2n) is 6.50. The highest BCUT2D eigenvalue weighted by molar-refractivity contribution is 7.89. The highest BCUT2D eigenvalue weighted by Gasteiger charge is 2.27. The monoisotopic (exact) mass is 386 g/mol. The average molecular weight is 386 g/mol. The van der Waals surface area contributed by atoms with E-state index >= 15 is 0 Å². The number of methoxy groups -OCH3 is 1. The first-order valence-electron chi connectivity index (χ1n) is 8.92. The van der Waals surface area contributed by atoms with Crippen molar-refractivity contribution in [3.63, 3.8) is 0 Å². The number of nitrogens with one attached hydrogen (secondary N) is 1. The van der Waals surface area contributed by atoms with Gasteiger partial charge in [-0.3, -0.25) is 0 Å². The first-order valence-corrected chi connectivity index (χ1v) is 10.4. The van der Waals surface area contributed by atoms with E-state index < -0.39 is 10.0 Å². The van der Waals surface area contributed by atoms with E-state index in [9.17, 15) is 8.42 Å². The summed E-state index contributed by atoms with van der Waals surface area (Å²) < 4.78 is 32.6. The number of sulfonamides is 1. The zero-order valence-electron chi connectivity index (χ0n) is 15.1. The molecule has 0 spiro atoms. The van der Waals surface area contributed by atoms with Crippen LogP contribution < -0.4 is 9.64 Å². The number of nitrogens with zero attached hydrogens (tertiary/aromatic N) is 3. The molecule has 1 aliphatic heterocycles. The number of hydrogen-bond acceptors (Lipinski definition) is 5. The van der Waals surface area contributed by atoms with Crippen LogP contribution in [0, 0.1) is 0 Å². The zero-order chi connectivity index (χ0) is 18.9. The van der Waals surface area contributed by atoms with Crippen molar-refractivity contribution < 1.29 is 13.2 Å². The van der Waals surface area contributed by atoms with Gasteiger partial charge in [-0.25, -0.2) is 13.4 Å². The van der Waals surface area contributed by atoms with Crippen molar-refractivity contribution in [3.8, 4) is 5.75 Å². The van der Waals surface area contributed by atoms with Gasteiger partial charge in [-0.05, 0) is 42.8 Å². The molecular weight excluding hydrogens is 364 g/mol. The first-order chi connectivity index (χ1) is 13.1. The summed E-state index contributed by atoms with van der Waals surface area (Å²) in [7, 11) is -1.96. The molecule has 142 valence electrons. The van der Waals surface area contributed by atoms with Gasteiger partial charge in [0.2, 0.25) is 16.0 Å². The maximum Gasteiger partial charge on any atom is 0.243 e. The molecule has 4 rings (SSSR count). The van der Waals surface area contributed by atoms with Crippen LogP contribution in [0.5, 0.6) is 5.75 Å². The Balaban J connectivity index is 1.51. The van der Waals surface area contributed by atoms with Crippen molar-refractivity contribution in [2.45, 2.75) is 11.3 Å². The van der Waals surface area contributed by atoms with Crippen LogP contribution in [-0.4, -0.2) is 56.0 Å². The molecule has 0 unspecified atom stereocenters. The summed E-state index contributed by atoms with van der Waals surface area (Å²) >= 11 is 0. The molecule has 0 bridgehead atoms. The topological polar surface area (TPSA) is 78.5 Å². The van der Waals surface area contributed by atoms with E-state index in [0.717, 1.165) is 29.9 Å². The van der Waals surface area contributed by atoms with E-state index in [1.165, 1.54) is 0 Å². The molecule has 2 aromatic carbocycles. The third-order valence-electron chi connectivity index (χ3n) is 4.83. The molecule has 1 fully saturated rings. The van der Waals surface area contributed by atoms with Gasteiger partial charge in [0.15, 0.2) is 0 Å². The van der Waals surface area contributed by atoms with Gasteiger partial charge in [0.05, 0.1) is 23.0 Å². The quantitative estimate of drug-likeness (QED) is 0.745. The van der Waals surface area contributed by atoms with Crippen LogP contribution in [0.25, 0.3) is 11.0 Å². The van der Waals surface area contributed by atoms with Crippen molar-refractivity contribution >= 4 is 27.0 Å². The maximum absolute atomic E-state index is 13.0. The molecule has 0 amide bonds. The van der Waals surface area contributed by atoms with Crippen molar-refractivity contribution in [3.05, 3.63) is 48.5 Å². The molecule has 27 heavy (non-hydrogen) atoms. The van der Waals surface area contributed by atoms with Gasteiger partial charge in [-0.15, -0.1) is 0 Å². The molecule has 1 N–H and O–H groups in total. The lowest BCUT2D eigenvalue weighted by Gasteiger charge is -2.21. The minimum Gasteiger partial charge on any atom is -0.497 e. The SMILES string of the molecule is COc1ccc(S(=O)(=O)N2CCCN(c3nc4ccccc4[nH]3)CC2)cc1. The first kappa shape index (κ1) is 17.8. The highest BCUT2D eigenvalue weighted by atomic mass is 32.2. The fraction of sp³-hybridized carbons (Fsp3) is 0.316. The van der Waals surface area contributed by atoms with Crippen LogP contribution in [-0.2, 0) is 10.0 Å². The number of imidazole rings is 1. The van der Waals surface area contributed by atoms with E-state index in [1.54, 1.807) is 35.7 Å². The van der Waals surface area contributed by atoms with E-state index in [-0.39, 0.29) is 0 Å². The molecule has 1 aliphatic rings. The summed E-state index contributed by atoms with van der Waals surface area (Å²) in [6, 6.07) is 14.4. The number of fused-ring (bicyclic) bond motifs is 1. The third-order valence-corrected chi connectivity index (χ3v) is 6.74. The molecule has 0 atom stereocenters. The lowest BCUT2D eigenvalue weighted by atomic mass is 10.3. The summed E-state index contributed by atoms with van der Waals surface area (Å²) in [5, 5.41) is 0. The number of benzene rings is 2. The van der Waals surface area contributed by atoms with Gasteiger partial charge in [0, 0.05) is 26.2 Å². The Labute approximate surface area is 158 Å². The van der Waals surface area contributed by atoms with Crippen molar-refractivity contribution in [1.82, 2.24) is 14.3 Å². The number of para-hydroxylation sites is 2. The summed E-state index contributed by atoms with van der Waals surface area (Å²) in [4.78, 5) is 10.4. The molecule has 8 heteroatoms. The predicted octanol–water partition coefficient (Wildman–Crippen LogP) is 2.47. The molecule has 3 aromatic rings.